The maximum atomic E-state index is 6.49. The molecule has 0 saturated carbocycles. The predicted molar refractivity (Wildman–Crippen MR) is 85.5 cm³/mol. The molecule has 0 aromatic heterocycles. The second kappa shape index (κ2) is 7.83. The molecule has 0 unspecified atom stereocenters. The van der Waals surface area contributed by atoms with Crippen LogP contribution in [0.5, 0.6) is 0 Å². The third kappa shape index (κ3) is 3.92. The standard InChI is InChI=1S/C18H24N2/c1-2-3-14-20-18(16-12-8-5-9-13-16)17(19)15-10-6-4-7-11-15/h4-13,17-18,20H,2-3,14,19H2,1H3/t17-,18-/m1/s1. The van der Waals surface area contributed by atoms with Gasteiger partial charge >= 0.3 is 0 Å². The number of nitrogens with one attached hydrogen (secondary N) is 1. The largest absolute Gasteiger partial charge is 0.322 e. The van der Waals surface area contributed by atoms with Gasteiger partial charge in [0, 0.05) is 6.04 Å². The predicted octanol–water partition coefficient (Wildman–Crippen LogP) is 3.82. The van der Waals surface area contributed by atoms with E-state index in [-0.39, 0.29) is 12.1 Å². The molecule has 0 spiro atoms. The molecule has 0 saturated heterocycles. The van der Waals surface area contributed by atoms with Gasteiger partial charge in [0.1, 0.15) is 0 Å². The Morgan fingerprint density at radius 1 is 0.900 bits per heavy atom. The molecule has 2 atom stereocenters. The average molecular weight is 268 g/mol. The highest BCUT2D eigenvalue weighted by molar-refractivity contribution is 5.27. The van der Waals surface area contributed by atoms with Crippen LogP contribution in [0.4, 0.5) is 0 Å². The van der Waals surface area contributed by atoms with E-state index in [2.05, 4.69) is 48.6 Å². The fourth-order valence-electron chi connectivity index (χ4n) is 2.41. The van der Waals surface area contributed by atoms with Crippen molar-refractivity contribution in [2.45, 2.75) is 31.8 Å². The lowest BCUT2D eigenvalue weighted by atomic mass is 9.94. The van der Waals surface area contributed by atoms with Crippen LogP contribution in [0.15, 0.2) is 60.7 Å². The molecule has 2 heteroatoms. The molecular formula is C18H24N2. The quantitative estimate of drug-likeness (QED) is 0.749. The Morgan fingerprint density at radius 2 is 1.45 bits per heavy atom. The van der Waals surface area contributed by atoms with Gasteiger partial charge in [-0.3, -0.25) is 0 Å². The second-order valence-electron chi connectivity index (χ2n) is 5.13. The van der Waals surface area contributed by atoms with Crippen molar-refractivity contribution in [2.75, 3.05) is 6.54 Å². The summed E-state index contributed by atoms with van der Waals surface area (Å²) in [5.74, 6) is 0. The van der Waals surface area contributed by atoms with E-state index in [1.165, 1.54) is 24.0 Å². The van der Waals surface area contributed by atoms with Gasteiger partial charge in [-0.25, -0.2) is 0 Å². The number of hydrogen-bond acceptors (Lipinski definition) is 2. The number of hydrogen-bond donors (Lipinski definition) is 2. The average Bonchev–Trinajstić information content (AvgIpc) is 2.53. The van der Waals surface area contributed by atoms with E-state index in [1.807, 2.05) is 24.3 Å². The minimum Gasteiger partial charge on any atom is -0.322 e. The molecule has 0 amide bonds. The van der Waals surface area contributed by atoms with Crippen LogP contribution >= 0.6 is 0 Å². The molecule has 3 N–H and O–H groups in total. The normalized spacial score (nSPS) is 13.9. The molecule has 2 aromatic carbocycles. The summed E-state index contributed by atoms with van der Waals surface area (Å²) in [6.45, 7) is 3.20. The summed E-state index contributed by atoms with van der Waals surface area (Å²) in [4.78, 5) is 0. The molecule has 0 heterocycles. The number of benzene rings is 2. The van der Waals surface area contributed by atoms with E-state index in [4.69, 9.17) is 5.73 Å². The van der Waals surface area contributed by atoms with Crippen LogP contribution < -0.4 is 11.1 Å². The van der Waals surface area contributed by atoms with Crippen molar-refractivity contribution in [2.24, 2.45) is 5.73 Å². The van der Waals surface area contributed by atoms with Crippen molar-refractivity contribution >= 4 is 0 Å². The van der Waals surface area contributed by atoms with E-state index < -0.39 is 0 Å². The lowest BCUT2D eigenvalue weighted by molar-refractivity contribution is 0.447. The zero-order chi connectivity index (χ0) is 14.2. The van der Waals surface area contributed by atoms with Crippen LogP contribution in [0, 0.1) is 0 Å². The highest BCUT2D eigenvalue weighted by Crippen LogP contribution is 2.26. The fourth-order valence-corrected chi connectivity index (χ4v) is 2.41. The van der Waals surface area contributed by atoms with Crippen LogP contribution in [0.3, 0.4) is 0 Å². The summed E-state index contributed by atoms with van der Waals surface area (Å²) in [6, 6.07) is 20.9. The Morgan fingerprint density at radius 3 is 2.00 bits per heavy atom. The summed E-state index contributed by atoms with van der Waals surface area (Å²) in [5.41, 5.74) is 8.91. The van der Waals surface area contributed by atoms with Crippen LogP contribution in [0.1, 0.15) is 43.0 Å². The van der Waals surface area contributed by atoms with Crippen molar-refractivity contribution in [3.8, 4) is 0 Å². The first-order chi connectivity index (χ1) is 9.83. The minimum atomic E-state index is -0.0320. The van der Waals surface area contributed by atoms with Crippen molar-refractivity contribution < 1.29 is 0 Å². The molecule has 2 nitrogen and oxygen atoms in total. The Kier molecular flexibility index (Phi) is 5.78. The van der Waals surface area contributed by atoms with Gasteiger partial charge in [0.05, 0.1) is 6.04 Å². The first-order valence-electron chi connectivity index (χ1n) is 7.41. The Hall–Kier alpha value is -1.64. The highest BCUT2D eigenvalue weighted by Gasteiger charge is 2.20. The second-order valence-corrected chi connectivity index (χ2v) is 5.13. The molecule has 2 aromatic rings. The smallest absolute Gasteiger partial charge is 0.0516 e. The van der Waals surface area contributed by atoms with Gasteiger partial charge in [-0.15, -0.1) is 0 Å². The SMILES string of the molecule is CCCCN[C@H](c1ccccc1)[C@H](N)c1ccccc1. The summed E-state index contributed by atoms with van der Waals surface area (Å²) >= 11 is 0. The van der Waals surface area contributed by atoms with Gasteiger partial charge in [0.2, 0.25) is 0 Å². The zero-order valence-electron chi connectivity index (χ0n) is 12.1. The summed E-state index contributed by atoms with van der Waals surface area (Å²) in [7, 11) is 0. The zero-order valence-corrected chi connectivity index (χ0v) is 12.1. The first-order valence-corrected chi connectivity index (χ1v) is 7.41. The van der Waals surface area contributed by atoms with Crippen LogP contribution in [0.2, 0.25) is 0 Å². The molecule has 2 rings (SSSR count). The number of nitrogens with two attached hydrogens (primary N) is 1. The molecular weight excluding hydrogens is 244 g/mol. The Balaban J connectivity index is 2.17. The van der Waals surface area contributed by atoms with Gasteiger partial charge in [0.25, 0.3) is 0 Å². The van der Waals surface area contributed by atoms with Crippen LogP contribution in [-0.4, -0.2) is 6.54 Å². The lowest BCUT2D eigenvalue weighted by Crippen LogP contribution is -2.32. The maximum absolute atomic E-state index is 6.49. The summed E-state index contributed by atoms with van der Waals surface area (Å²) < 4.78 is 0. The summed E-state index contributed by atoms with van der Waals surface area (Å²) in [6.07, 6.45) is 2.36. The van der Waals surface area contributed by atoms with E-state index in [0.29, 0.717) is 0 Å². The van der Waals surface area contributed by atoms with Crippen LogP contribution in [0.25, 0.3) is 0 Å². The van der Waals surface area contributed by atoms with E-state index in [1.54, 1.807) is 0 Å². The van der Waals surface area contributed by atoms with Gasteiger partial charge in [0.15, 0.2) is 0 Å². The maximum Gasteiger partial charge on any atom is 0.0516 e. The van der Waals surface area contributed by atoms with Crippen molar-refractivity contribution in [3.63, 3.8) is 0 Å². The first kappa shape index (κ1) is 14.8. The molecule has 0 fully saturated rings. The van der Waals surface area contributed by atoms with E-state index in [0.717, 1.165) is 6.54 Å². The lowest BCUT2D eigenvalue weighted by Gasteiger charge is -2.26. The van der Waals surface area contributed by atoms with Crippen molar-refractivity contribution in [1.82, 2.24) is 5.32 Å². The van der Waals surface area contributed by atoms with Crippen LogP contribution in [-0.2, 0) is 0 Å². The van der Waals surface area contributed by atoms with Gasteiger partial charge < -0.3 is 11.1 Å². The number of unbranched alkanes of at least 4 members (excludes halogenated alkanes) is 1. The molecule has 0 aliphatic rings. The molecule has 0 aliphatic carbocycles. The Labute approximate surface area is 122 Å². The third-order valence-electron chi connectivity index (χ3n) is 3.60. The minimum absolute atomic E-state index is 0.0320. The van der Waals surface area contributed by atoms with Gasteiger partial charge in [-0.05, 0) is 24.1 Å². The Bertz CT molecular complexity index is 481. The number of rotatable bonds is 7. The topological polar surface area (TPSA) is 38.0 Å². The van der Waals surface area contributed by atoms with E-state index >= 15 is 0 Å². The van der Waals surface area contributed by atoms with Gasteiger partial charge in [-0.2, -0.15) is 0 Å². The van der Waals surface area contributed by atoms with Crippen molar-refractivity contribution in [3.05, 3.63) is 71.8 Å². The van der Waals surface area contributed by atoms with E-state index in [9.17, 15) is 0 Å². The highest BCUT2D eigenvalue weighted by atomic mass is 14.9. The molecule has 0 aliphatic heterocycles. The summed E-state index contributed by atoms with van der Waals surface area (Å²) in [5, 5.41) is 3.61. The molecule has 0 radical (unpaired) electrons. The van der Waals surface area contributed by atoms with Gasteiger partial charge in [-0.1, -0.05) is 74.0 Å². The third-order valence-corrected chi connectivity index (χ3v) is 3.60. The fraction of sp³-hybridized carbons (Fsp3) is 0.333. The van der Waals surface area contributed by atoms with Crippen molar-refractivity contribution in [1.29, 1.82) is 0 Å². The monoisotopic (exact) mass is 268 g/mol. The molecule has 106 valence electrons. The molecule has 20 heavy (non-hydrogen) atoms. The molecule has 0 bridgehead atoms.